The van der Waals surface area contributed by atoms with Crippen LogP contribution < -0.4 is 5.73 Å². The van der Waals surface area contributed by atoms with Crippen molar-refractivity contribution >= 4 is 29.5 Å². The van der Waals surface area contributed by atoms with Crippen LogP contribution in [0.15, 0.2) is 0 Å². The van der Waals surface area contributed by atoms with E-state index in [0.717, 1.165) is 12.3 Å². The number of methoxy groups -OCH3 is 1. The Kier molecular flexibility index (Phi) is 12.5. The summed E-state index contributed by atoms with van der Waals surface area (Å²) in [5.41, 5.74) is 4.98. The predicted octanol–water partition coefficient (Wildman–Crippen LogP) is 1.04. The Bertz CT molecular complexity index is 543. The van der Waals surface area contributed by atoms with E-state index in [2.05, 4.69) is 4.90 Å². The quantitative estimate of drug-likeness (QED) is 0.412. The zero-order chi connectivity index (χ0) is 22.8. The lowest BCUT2D eigenvalue weighted by Crippen LogP contribution is -2.56. The van der Waals surface area contributed by atoms with Crippen LogP contribution in [0.5, 0.6) is 0 Å². The van der Waals surface area contributed by atoms with E-state index in [1.54, 1.807) is 33.0 Å². The van der Waals surface area contributed by atoms with Crippen molar-refractivity contribution in [1.29, 1.82) is 0 Å². The molecular weight excluding hydrogens is 392 g/mol. The molecule has 2 atom stereocenters. The minimum absolute atomic E-state index is 0.0831. The van der Waals surface area contributed by atoms with E-state index in [4.69, 9.17) is 10.5 Å². The SMILES string of the molecule is CCCC(=O)N(C)[C@H](CSCCN(C)C)C(=O)N(C)[C@@H](CC(C)(C)OC)C(N)=O. The van der Waals surface area contributed by atoms with Crippen molar-refractivity contribution in [3.63, 3.8) is 0 Å². The molecule has 0 rings (SSSR count). The first kappa shape index (κ1) is 27.7. The second-order valence-electron chi connectivity index (χ2n) is 8.18. The fourth-order valence-electron chi connectivity index (χ4n) is 2.72. The Morgan fingerprint density at radius 3 is 2.10 bits per heavy atom. The first-order valence-corrected chi connectivity index (χ1v) is 11.1. The van der Waals surface area contributed by atoms with Gasteiger partial charge in [-0.25, -0.2) is 0 Å². The lowest BCUT2D eigenvalue weighted by molar-refractivity contribution is -0.147. The van der Waals surface area contributed by atoms with Crippen LogP contribution in [0.1, 0.15) is 40.0 Å². The Hall–Kier alpha value is -1.32. The molecule has 0 saturated heterocycles. The van der Waals surface area contributed by atoms with Crippen LogP contribution in [0.4, 0.5) is 0 Å². The van der Waals surface area contributed by atoms with E-state index < -0.39 is 23.6 Å². The van der Waals surface area contributed by atoms with Gasteiger partial charge in [0.15, 0.2) is 0 Å². The third-order valence-electron chi connectivity index (χ3n) is 4.95. The number of hydrogen-bond acceptors (Lipinski definition) is 6. The Morgan fingerprint density at radius 1 is 1.07 bits per heavy atom. The van der Waals surface area contributed by atoms with Gasteiger partial charge in [0, 0.05) is 52.1 Å². The maximum Gasteiger partial charge on any atom is 0.246 e. The molecule has 0 aromatic carbocycles. The number of carbonyl (C=O) groups excluding carboxylic acids is 3. The van der Waals surface area contributed by atoms with E-state index in [-0.39, 0.29) is 18.2 Å². The predicted molar refractivity (Wildman–Crippen MR) is 119 cm³/mol. The molecule has 0 aromatic heterocycles. The summed E-state index contributed by atoms with van der Waals surface area (Å²) in [6, 6.07) is -1.47. The molecule has 0 aliphatic rings. The van der Waals surface area contributed by atoms with Crippen LogP contribution in [0.2, 0.25) is 0 Å². The largest absolute Gasteiger partial charge is 0.379 e. The fourth-order valence-corrected chi connectivity index (χ4v) is 3.97. The number of nitrogens with two attached hydrogens (primary N) is 1. The van der Waals surface area contributed by atoms with Crippen LogP contribution in [0, 0.1) is 0 Å². The smallest absolute Gasteiger partial charge is 0.246 e. The number of primary amides is 1. The van der Waals surface area contributed by atoms with Crippen LogP contribution in [-0.4, -0.2) is 103 Å². The summed E-state index contributed by atoms with van der Waals surface area (Å²) in [5.74, 6) is 0.340. The number of rotatable bonds is 14. The lowest BCUT2D eigenvalue weighted by atomic mass is 9.97. The van der Waals surface area contributed by atoms with Gasteiger partial charge in [0.1, 0.15) is 12.1 Å². The van der Waals surface area contributed by atoms with Gasteiger partial charge in [-0.05, 0) is 34.4 Å². The van der Waals surface area contributed by atoms with Crippen molar-refractivity contribution in [3.8, 4) is 0 Å². The van der Waals surface area contributed by atoms with Gasteiger partial charge in [-0.2, -0.15) is 11.8 Å². The van der Waals surface area contributed by atoms with Gasteiger partial charge >= 0.3 is 0 Å². The van der Waals surface area contributed by atoms with Crippen LogP contribution >= 0.6 is 11.8 Å². The molecule has 0 radical (unpaired) electrons. The minimum Gasteiger partial charge on any atom is -0.379 e. The van der Waals surface area contributed by atoms with Crippen molar-refractivity contribution in [2.24, 2.45) is 5.73 Å². The molecule has 0 saturated carbocycles. The van der Waals surface area contributed by atoms with Crippen molar-refractivity contribution in [3.05, 3.63) is 0 Å². The van der Waals surface area contributed by atoms with Gasteiger partial charge in [0.2, 0.25) is 17.7 Å². The summed E-state index contributed by atoms with van der Waals surface area (Å²) in [7, 11) is 8.76. The van der Waals surface area contributed by atoms with Gasteiger partial charge in [0.05, 0.1) is 5.60 Å². The van der Waals surface area contributed by atoms with E-state index in [1.807, 2.05) is 34.9 Å². The van der Waals surface area contributed by atoms with Gasteiger partial charge < -0.3 is 25.2 Å². The summed E-state index contributed by atoms with van der Waals surface area (Å²) in [5, 5.41) is 0. The summed E-state index contributed by atoms with van der Waals surface area (Å²) in [6.45, 7) is 6.48. The molecule has 0 fully saturated rings. The molecule has 2 N–H and O–H groups in total. The normalized spacial score (nSPS) is 13.8. The number of hydrogen-bond donors (Lipinski definition) is 1. The molecule has 3 amide bonds. The average molecular weight is 433 g/mol. The summed E-state index contributed by atoms with van der Waals surface area (Å²) in [4.78, 5) is 42.8. The molecule has 0 aliphatic carbocycles. The molecular formula is C20H40N4O4S. The number of nitrogens with zero attached hydrogens (tertiary/aromatic N) is 3. The summed E-state index contributed by atoms with van der Waals surface area (Å²) in [6.07, 6.45) is 1.36. The Labute approximate surface area is 180 Å². The first-order valence-electron chi connectivity index (χ1n) is 9.97. The van der Waals surface area contributed by atoms with Crippen LogP contribution in [0.3, 0.4) is 0 Å². The summed E-state index contributed by atoms with van der Waals surface area (Å²) >= 11 is 1.61. The number of ether oxygens (including phenoxy) is 1. The van der Waals surface area contributed by atoms with Gasteiger partial charge in [-0.3, -0.25) is 14.4 Å². The summed E-state index contributed by atoms with van der Waals surface area (Å²) < 4.78 is 5.41. The van der Waals surface area contributed by atoms with Crippen molar-refractivity contribution in [2.75, 3.05) is 53.4 Å². The van der Waals surface area contributed by atoms with Gasteiger partial charge in [0.25, 0.3) is 0 Å². The first-order chi connectivity index (χ1) is 13.4. The molecule has 29 heavy (non-hydrogen) atoms. The highest BCUT2D eigenvalue weighted by molar-refractivity contribution is 7.99. The second kappa shape index (κ2) is 13.1. The molecule has 0 heterocycles. The minimum atomic E-state index is -0.818. The maximum absolute atomic E-state index is 13.3. The number of amides is 3. The highest BCUT2D eigenvalue weighted by atomic mass is 32.2. The lowest BCUT2D eigenvalue weighted by Gasteiger charge is -2.36. The van der Waals surface area contributed by atoms with E-state index in [1.165, 1.54) is 9.80 Å². The molecule has 170 valence electrons. The standard InChI is InChI=1S/C20H40N4O4S/c1-9-10-17(25)23(6)16(14-29-12-11-22(4)5)19(27)24(7)15(18(21)26)13-20(2,3)28-8/h15-16H,9-14H2,1-8H3,(H2,21,26)/t15-,16+/m0/s1. The third kappa shape index (κ3) is 9.82. The van der Waals surface area contributed by atoms with Crippen molar-refractivity contribution in [2.45, 2.75) is 57.7 Å². The Morgan fingerprint density at radius 2 is 1.66 bits per heavy atom. The average Bonchev–Trinajstić information content (AvgIpc) is 2.64. The topological polar surface area (TPSA) is 96.2 Å². The molecule has 0 unspecified atom stereocenters. The molecule has 8 nitrogen and oxygen atoms in total. The van der Waals surface area contributed by atoms with Crippen molar-refractivity contribution < 1.29 is 19.1 Å². The molecule has 9 heteroatoms. The highest BCUT2D eigenvalue weighted by Crippen LogP contribution is 2.21. The number of thioether (sulfide) groups is 1. The molecule has 0 aromatic rings. The van der Waals surface area contributed by atoms with Crippen LogP contribution in [-0.2, 0) is 19.1 Å². The maximum atomic E-state index is 13.3. The fraction of sp³-hybridized carbons (Fsp3) is 0.850. The number of carbonyl (C=O) groups is 3. The zero-order valence-corrected chi connectivity index (χ0v) is 20.2. The van der Waals surface area contributed by atoms with Crippen molar-refractivity contribution in [1.82, 2.24) is 14.7 Å². The molecule has 0 spiro atoms. The third-order valence-corrected chi connectivity index (χ3v) is 5.97. The van der Waals surface area contributed by atoms with Gasteiger partial charge in [-0.15, -0.1) is 0 Å². The molecule has 0 aliphatic heterocycles. The monoisotopic (exact) mass is 432 g/mol. The van der Waals surface area contributed by atoms with E-state index in [9.17, 15) is 14.4 Å². The second-order valence-corrected chi connectivity index (χ2v) is 9.33. The highest BCUT2D eigenvalue weighted by Gasteiger charge is 2.36. The molecule has 0 bridgehead atoms. The van der Waals surface area contributed by atoms with Gasteiger partial charge in [-0.1, -0.05) is 6.92 Å². The Balaban J connectivity index is 5.49. The van der Waals surface area contributed by atoms with E-state index >= 15 is 0 Å². The van der Waals surface area contributed by atoms with Crippen LogP contribution in [0.25, 0.3) is 0 Å². The van der Waals surface area contributed by atoms with E-state index in [0.29, 0.717) is 18.6 Å². The number of likely N-dealkylation sites (N-methyl/N-ethyl adjacent to an activating group) is 2. The zero-order valence-electron chi connectivity index (χ0n) is 19.4.